The molecular formula is C12H27CuFO4SSn. The normalized spacial score (nSPS) is 11.3. The van der Waals surface area contributed by atoms with Crippen LogP contribution in [-0.4, -0.2) is 36.5 Å². The van der Waals surface area contributed by atoms with Gasteiger partial charge in [-0.3, -0.25) is 8.42 Å². The number of rotatable bonds is 9. The van der Waals surface area contributed by atoms with Gasteiger partial charge in [0, 0.05) is 10.4 Å². The van der Waals surface area contributed by atoms with E-state index < -0.39 is 29.3 Å². The van der Waals surface area contributed by atoms with Crippen LogP contribution < -0.4 is 0 Å². The molecule has 0 aromatic carbocycles. The number of unbranched alkanes of at least 4 members (excludes halogenated alkanes) is 3. The number of hydrogen-bond donors (Lipinski definition) is 0. The Balaban J connectivity index is -0.000000414. The van der Waals surface area contributed by atoms with Crippen molar-refractivity contribution < 1.29 is 37.5 Å². The van der Waals surface area contributed by atoms with Crippen LogP contribution in [0.25, 0.3) is 0 Å². The monoisotopic (exact) mass is 469 g/mol. The maximum Gasteiger partial charge on any atom is 2.00 e. The van der Waals surface area contributed by atoms with Crippen molar-refractivity contribution in [2.75, 3.05) is 0 Å². The quantitative estimate of drug-likeness (QED) is 0.291. The predicted octanol–water partition coefficient (Wildman–Crippen LogP) is 3.96. The molecule has 0 bridgehead atoms. The van der Waals surface area contributed by atoms with Crippen molar-refractivity contribution in [3.63, 3.8) is 0 Å². The molecular weight excluding hydrogens is 441 g/mol. The Morgan fingerprint density at radius 3 is 1.20 bits per heavy atom. The molecule has 0 unspecified atom stereocenters. The van der Waals surface area contributed by atoms with Crippen LogP contribution in [0.4, 0.5) is 2.87 Å². The molecule has 0 aliphatic carbocycles. The van der Waals surface area contributed by atoms with Crippen molar-refractivity contribution in [1.82, 2.24) is 0 Å². The van der Waals surface area contributed by atoms with Gasteiger partial charge in [-0.05, 0) is 0 Å². The van der Waals surface area contributed by atoms with Gasteiger partial charge in [-0.15, -0.1) is 0 Å². The van der Waals surface area contributed by atoms with Crippen LogP contribution in [0.2, 0.25) is 13.3 Å². The summed E-state index contributed by atoms with van der Waals surface area (Å²) in [5.41, 5.74) is 0. The van der Waals surface area contributed by atoms with Crippen molar-refractivity contribution in [2.24, 2.45) is 0 Å². The van der Waals surface area contributed by atoms with Gasteiger partial charge in [0.25, 0.3) is 0 Å². The van der Waals surface area contributed by atoms with E-state index in [4.69, 9.17) is 17.5 Å². The van der Waals surface area contributed by atoms with E-state index in [1.54, 1.807) is 0 Å². The Labute approximate surface area is 139 Å². The third-order valence-corrected chi connectivity index (χ3v) is 13.6. The zero-order valence-corrected chi connectivity index (χ0v) is 17.2. The average Bonchev–Trinajstić information content (AvgIpc) is 2.30. The smallest absolute Gasteiger partial charge is 0.759 e. The van der Waals surface area contributed by atoms with Gasteiger partial charge in [-0.1, -0.05) is 0 Å². The van der Waals surface area contributed by atoms with Crippen LogP contribution in [0.5, 0.6) is 0 Å². The summed E-state index contributed by atoms with van der Waals surface area (Å²) < 4.78 is 51.6. The first-order valence-electron chi connectivity index (χ1n) is 7.04. The minimum atomic E-state index is -5.17. The summed E-state index contributed by atoms with van der Waals surface area (Å²) in [4.78, 5) is 0. The van der Waals surface area contributed by atoms with Crippen LogP contribution in [0.1, 0.15) is 59.3 Å². The molecule has 4 nitrogen and oxygen atoms in total. The third kappa shape index (κ3) is 24.2. The minimum absolute atomic E-state index is 0. The van der Waals surface area contributed by atoms with Gasteiger partial charge in [0.1, 0.15) is 0 Å². The molecule has 0 aromatic heterocycles. The fourth-order valence-corrected chi connectivity index (χ4v) is 12.4. The topological polar surface area (TPSA) is 80.3 Å². The first-order valence-corrected chi connectivity index (χ1v) is 15.5. The molecule has 0 saturated heterocycles. The van der Waals surface area contributed by atoms with E-state index in [2.05, 4.69) is 20.8 Å². The van der Waals surface area contributed by atoms with E-state index >= 15 is 0 Å². The van der Waals surface area contributed by atoms with Crippen LogP contribution in [0, 0.1) is 0 Å². The molecule has 0 aliphatic heterocycles. The summed E-state index contributed by atoms with van der Waals surface area (Å²) in [7, 11) is -5.17. The molecule has 0 rings (SSSR count). The average molecular weight is 469 g/mol. The molecule has 8 heteroatoms. The summed E-state index contributed by atoms with van der Waals surface area (Å²) in [6, 6.07) is 0. The van der Waals surface area contributed by atoms with Crippen LogP contribution in [-0.2, 0) is 27.5 Å². The van der Waals surface area contributed by atoms with E-state index in [1.165, 1.54) is 19.3 Å². The fourth-order valence-electron chi connectivity index (χ4n) is 1.86. The summed E-state index contributed by atoms with van der Waals surface area (Å²) in [5, 5.41) is 0. The zero-order valence-electron chi connectivity index (χ0n) is 12.6. The Kier molecular flexibility index (Phi) is 19.6. The zero-order chi connectivity index (χ0) is 15.4. The van der Waals surface area contributed by atoms with Crippen LogP contribution >= 0.6 is 0 Å². The van der Waals surface area contributed by atoms with E-state index in [0.717, 1.165) is 32.6 Å². The molecule has 127 valence electrons. The molecule has 0 N–H and O–H groups in total. The number of halogens is 1. The van der Waals surface area contributed by atoms with E-state index in [1.807, 2.05) is 0 Å². The van der Waals surface area contributed by atoms with E-state index in [9.17, 15) is 2.87 Å². The molecule has 0 amide bonds. The molecule has 0 heterocycles. The summed E-state index contributed by atoms with van der Waals surface area (Å²) in [6.45, 7) is 6.52. The van der Waals surface area contributed by atoms with Gasteiger partial charge in [0.05, 0.1) is 0 Å². The molecule has 0 fully saturated rings. The van der Waals surface area contributed by atoms with Gasteiger partial charge >= 0.3 is 111 Å². The van der Waals surface area contributed by atoms with Crippen molar-refractivity contribution >= 4 is 29.3 Å². The molecule has 0 aromatic rings. The van der Waals surface area contributed by atoms with E-state index in [0.29, 0.717) is 0 Å². The van der Waals surface area contributed by atoms with Gasteiger partial charge in [0.15, 0.2) is 0 Å². The molecule has 0 atom stereocenters. The maximum atomic E-state index is 14.6. The molecule has 0 spiro atoms. The van der Waals surface area contributed by atoms with Crippen molar-refractivity contribution in [1.29, 1.82) is 0 Å². The van der Waals surface area contributed by atoms with Crippen LogP contribution in [0.15, 0.2) is 0 Å². The van der Waals surface area contributed by atoms with E-state index in [-0.39, 0.29) is 17.1 Å². The Morgan fingerprint density at radius 1 is 0.850 bits per heavy atom. The summed E-state index contributed by atoms with van der Waals surface area (Å²) in [6.07, 6.45) is 6.92. The minimum Gasteiger partial charge on any atom is -0.759 e. The van der Waals surface area contributed by atoms with Gasteiger partial charge < -0.3 is 9.11 Å². The van der Waals surface area contributed by atoms with Gasteiger partial charge in [-0.25, -0.2) is 0 Å². The second-order valence-corrected chi connectivity index (χ2v) is 16.5. The van der Waals surface area contributed by atoms with Crippen LogP contribution in [0.3, 0.4) is 0 Å². The standard InChI is InChI=1S/3C4H9.Cu.FH.H2O4S.Sn/c3*1-3-4-2;;;1-5(2,3)4;/h3*1,3-4H2,2H3;;1H;(H2,1,2,3,4);/q;;;+2;;;+1/p-3. The Hall–Kier alpha value is 1.12. The fraction of sp³-hybridized carbons (Fsp3) is 1.00. The first-order chi connectivity index (χ1) is 8.68. The van der Waals surface area contributed by atoms with Crippen molar-refractivity contribution in [3.05, 3.63) is 0 Å². The van der Waals surface area contributed by atoms with Gasteiger partial charge in [-0.2, -0.15) is 0 Å². The maximum absolute atomic E-state index is 14.6. The van der Waals surface area contributed by atoms with Crippen molar-refractivity contribution in [3.8, 4) is 0 Å². The summed E-state index contributed by atoms with van der Waals surface area (Å²) >= 11 is -3.06. The van der Waals surface area contributed by atoms with Gasteiger partial charge in [0.2, 0.25) is 0 Å². The second-order valence-electron chi connectivity index (χ2n) is 4.87. The first kappa shape index (κ1) is 26.0. The Bertz CT molecular complexity index is 272. The predicted molar refractivity (Wildman–Crippen MR) is 76.5 cm³/mol. The summed E-state index contributed by atoms with van der Waals surface area (Å²) in [5.74, 6) is 0. The molecule has 0 saturated carbocycles. The Morgan fingerprint density at radius 2 is 1.05 bits per heavy atom. The molecule has 20 heavy (non-hydrogen) atoms. The SMILES string of the molecule is CCC[CH2][Sn]([F])([CH2]CCC)[CH2]CCC.O=S(=O)([O-])[O-].[Cu+2]. The second kappa shape index (κ2) is 15.0. The van der Waals surface area contributed by atoms with Crippen molar-refractivity contribution in [2.45, 2.75) is 72.6 Å². The number of hydrogen-bond acceptors (Lipinski definition) is 4. The molecule has 0 aliphatic rings. The third-order valence-electron chi connectivity index (χ3n) is 2.94. The molecule has 1 radical (unpaired) electrons. The largest absolute Gasteiger partial charge is 2.00 e.